The number of anilines is 2. The molecule has 0 spiro atoms. The van der Waals surface area contributed by atoms with E-state index >= 15 is 0 Å². The molecule has 0 aromatic heterocycles. The molecule has 106 valence electrons. The Hall–Kier alpha value is -2.07. The highest BCUT2D eigenvalue weighted by molar-refractivity contribution is 5.45. The predicted molar refractivity (Wildman–Crippen MR) is 80.1 cm³/mol. The molecule has 1 unspecified atom stereocenters. The van der Waals surface area contributed by atoms with E-state index in [4.69, 9.17) is 5.73 Å². The van der Waals surface area contributed by atoms with Crippen LogP contribution in [0.4, 0.5) is 15.8 Å². The van der Waals surface area contributed by atoms with E-state index in [1.54, 1.807) is 6.07 Å². The molecule has 0 bridgehead atoms. The number of aliphatic hydroxyl groups excluding tert-OH is 1. The molecular formula is C16H19FN2O. The molecule has 0 aliphatic carbocycles. The van der Waals surface area contributed by atoms with E-state index in [-0.39, 0.29) is 5.69 Å². The van der Waals surface area contributed by atoms with Gasteiger partial charge < -0.3 is 16.2 Å². The van der Waals surface area contributed by atoms with Crippen LogP contribution < -0.4 is 11.1 Å². The Morgan fingerprint density at radius 2 is 1.90 bits per heavy atom. The van der Waals surface area contributed by atoms with Gasteiger partial charge in [-0.2, -0.15) is 0 Å². The molecule has 0 aliphatic rings. The number of rotatable bonds is 5. The largest absolute Gasteiger partial charge is 0.396 e. The summed E-state index contributed by atoms with van der Waals surface area (Å²) < 4.78 is 13.0. The van der Waals surface area contributed by atoms with E-state index in [1.807, 2.05) is 31.2 Å². The van der Waals surface area contributed by atoms with Crippen LogP contribution in [0.1, 0.15) is 23.7 Å². The molecule has 0 amide bonds. The van der Waals surface area contributed by atoms with Crippen LogP contribution in [-0.2, 0) is 0 Å². The molecule has 0 saturated heterocycles. The van der Waals surface area contributed by atoms with Gasteiger partial charge in [-0.15, -0.1) is 0 Å². The molecule has 4 N–H and O–H groups in total. The van der Waals surface area contributed by atoms with Crippen LogP contribution in [0, 0.1) is 12.7 Å². The summed E-state index contributed by atoms with van der Waals surface area (Å²) in [6.07, 6.45) is -0.130. The molecule has 2 aromatic rings. The third-order valence-corrected chi connectivity index (χ3v) is 3.20. The lowest BCUT2D eigenvalue weighted by atomic mass is 10.1. The summed E-state index contributed by atoms with van der Waals surface area (Å²) in [6, 6.07) is 12.4. The standard InChI is InChI=1S/C16H19FN2O/c1-11-2-5-13(6-3-11)19-9-8-16(20)12-4-7-14(17)15(18)10-12/h2-7,10,16,19-20H,8-9,18H2,1H3. The number of aliphatic hydroxyl groups is 1. The fourth-order valence-corrected chi connectivity index (χ4v) is 1.96. The monoisotopic (exact) mass is 274 g/mol. The summed E-state index contributed by atoms with van der Waals surface area (Å²) >= 11 is 0. The van der Waals surface area contributed by atoms with E-state index in [0.717, 1.165) is 5.69 Å². The maximum atomic E-state index is 13.0. The van der Waals surface area contributed by atoms with Gasteiger partial charge in [0.2, 0.25) is 0 Å². The second-order valence-corrected chi connectivity index (χ2v) is 4.88. The molecular weight excluding hydrogens is 255 g/mol. The maximum Gasteiger partial charge on any atom is 0.146 e. The highest BCUT2D eigenvalue weighted by atomic mass is 19.1. The van der Waals surface area contributed by atoms with E-state index in [9.17, 15) is 9.50 Å². The molecule has 4 heteroatoms. The number of hydrogen-bond donors (Lipinski definition) is 3. The maximum absolute atomic E-state index is 13.0. The number of nitrogens with two attached hydrogens (primary N) is 1. The van der Waals surface area contributed by atoms with Gasteiger partial charge in [0, 0.05) is 12.2 Å². The Balaban J connectivity index is 1.87. The highest BCUT2D eigenvalue weighted by Gasteiger charge is 2.09. The van der Waals surface area contributed by atoms with Crippen LogP contribution in [0.2, 0.25) is 0 Å². The average molecular weight is 274 g/mol. The van der Waals surface area contributed by atoms with Crippen molar-refractivity contribution in [2.45, 2.75) is 19.4 Å². The van der Waals surface area contributed by atoms with Crippen molar-refractivity contribution in [2.75, 3.05) is 17.6 Å². The number of aryl methyl sites for hydroxylation is 1. The van der Waals surface area contributed by atoms with Crippen LogP contribution in [0.15, 0.2) is 42.5 Å². The summed E-state index contributed by atoms with van der Waals surface area (Å²) in [7, 11) is 0. The number of nitrogen functional groups attached to an aromatic ring is 1. The molecule has 2 rings (SSSR count). The van der Waals surface area contributed by atoms with Gasteiger partial charge in [-0.3, -0.25) is 0 Å². The van der Waals surface area contributed by atoms with Crippen molar-refractivity contribution >= 4 is 11.4 Å². The van der Waals surface area contributed by atoms with Gasteiger partial charge in [-0.25, -0.2) is 4.39 Å². The minimum atomic E-state index is -0.657. The molecule has 3 nitrogen and oxygen atoms in total. The first-order valence-corrected chi connectivity index (χ1v) is 6.60. The van der Waals surface area contributed by atoms with Gasteiger partial charge in [0.1, 0.15) is 5.82 Å². The Labute approximate surface area is 118 Å². The number of nitrogens with one attached hydrogen (secondary N) is 1. The number of halogens is 1. The van der Waals surface area contributed by atoms with Crippen molar-refractivity contribution in [3.8, 4) is 0 Å². The van der Waals surface area contributed by atoms with E-state index in [1.165, 1.54) is 17.7 Å². The van der Waals surface area contributed by atoms with Crippen molar-refractivity contribution in [1.29, 1.82) is 0 Å². The topological polar surface area (TPSA) is 58.3 Å². The van der Waals surface area contributed by atoms with Crippen LogP contribution in [-0.4, -0.2) is 11.7 Å². The zero-order chi connectivity index (χ0) is 14.5. The van der Waals surface area contributed by atoms with Crippen molar-refractivity contribution in [1.82, 2.24) is 0 Å². The smallest absolute Gasteiger partial charge is 0.146 e. The Morgan fingerprint density at radius 3 is 2.55 bits per heavy atom. The van der Waals surface area contributed by atoms with E-state index in [2.05, 4.69) is 5.32 Å². The summed E-state index contributed by atoms with van der Waals surface area (Å²) in [6.45, 7) is 2.66. The highest BCUT2D eigenvalue weighted by Crippen LogP contribution is 2.21. The minimum absolute atomic E-state index is 0.0630. The molecule has 0 fully saturated rings. The summed E-state index contributed by atoms with van der Waals surface area (Å²) in [4.78, 5) is 0. The van der Waals surface area contributed by atoms with E-state index in [0.29, 0.717) is 18.5 Å². The van der Waals surface area contributed by atoms with Crippen LogP contribution in [0.3, 0.4) is 0 Å². The van der Waals surface area contributed by atoms with Crippen molar-refractivity contribution in [2.24, 2.45) is 0 Å². The quantitative estimate of drug-likeness (QED) is 0.733. The van der Waals surface area contributed by atoms with Gasteiger partial charge in [0.15, 0.2) is 0 Å². The fraction of sp³-hybridized carbons (Fsp3) is 0.250. The average Bonchev–Trinajstić information content (AvgIpc) is 2.44. The second-order valence-electron chi connectivity index (χ2n) is 4.88. The van der Waals surface area contributed by atoms with Crippen LogP contribution in [0.25, 0.3) is 0 Å². The molecule has 0 aliphatic heterocycles. The minimum Gasteiger partial charge on any atom is -0.396 e. The molecule has 0 saturated carbocycles. The first-order valence-electron chi connectivity index (χ1n) is 6.60. The Kier molecular flexibility index (Phi) is 4.58. The lowest BCUT2D eigenvalue weighted by Crippen LogP contribution is -2.08. The second kappa shape index (κ2) is 6.39. The van der Waals surface area contributed by atoms with Crippen molar-refractivity contribution in [3.63, 3.8) is 0 Å². The Morgan fingerprint density at radius 1 is 1.20 bits per heavy atom. The summed E-state index contributed by atoms with van der Waals surface area (Å²) in [5, 5.41) is 13.3. The lowest BCUT2D eigenvalue weighted by molar-refractivity contribution is 0.171. The molecule has 20 heavy (non-hydrogen) atoms. The first-order chi connectivity index (χ1) is 9.56. The van der Waals surface area contributed by atoms with Gasteiger partial charge in [0.05, 0.1) is 11.8 Å². The van der Waals surface area contributed by atoms with Crippen LogP contribution >= 0.6 is 0 Å². The summed E-state index contributed by atoms with van der Waals surface area (Å²) in [5.74, 6) is -0.460. The lowest BCUT2D eigenvalue weighted by Gasteiger charge is -2.13. The normalized spacial score (nSPS) is 12.2. The number of benzene rings is 2. The molecule has 2 aromatic carbocycles. The van der Waals surface area contributed by atoms with Gasteiger partial charge in [-0.05, 0) is 43.2 Å². The molecule has 0 radical (unpaired) electrons. The third-order valence-electron chi connectivity index (χ3n) is 3.20. The SMILES string of the molecule is Cc1ccc(NCCC(O)c2ccc(F)c(N)c2)cc1. The van der Waals surface area contributed by atoms with Crippen LogP contribution in [0.5, 0.6) is 0 Å². The summed E-state index contributed by atoms with van der Waals surface area (Å²) in [5.41, 5.74) is 8.41. The zero-order valence-corrected chi connectivity index (χ0v) is 11.4. The van der Waals surface area contributed by atoms with Gasteiger partial charge in [0.25, 0.3) is 0 Å². The van der Waals surface area contributed by atoms with Crippen molar-refractivity contribution < 1.29 is 9.50 Å². The van der Waals surface area contributed by atoms with Crippen molar-refractivity contribution in [3.05, 3.63) is 59.4 Å². The fourth-order valence-electron chi connectivity index (χ4n) is 1.96. The van der Waals surface area contributed by atoms with Gasteiger partial charge in [-0.1, -0.05) is 23.8 Å². The first kappa shape index (κ1) is 14.3. The third kappa shape index (κ3) is 3.71. The van der Waals surface area contributed by atoms with Gasteiger partial charge >= 0.3 is 0 Å². The molecule has 1 atom stereocenters. The predicted octanol–water partition coefficient (Wildman–Crippen LogP) is 3.25. The zero-order valence-electron chi connectivity index (χ0n) is 11.4. The Bertz CT molecular complexity index is 569. The van der Waals surface area contributed by atoms with E-state index < -0.39 is 11.9 Å². The number of hydrogen-bond acceptors (Lipinski definition) is 3. The molecule has 0 heterocycles.